The minimum absolute atomic E-state index is 0.00518. The lowest BCUT2D eigenvalue weighted by atomic mass is 10.1. The van der Waals surface area contributed by atoms with Crippen LogP contribution in [0.3, 0.4) is 0 Å². The average Bonchev–Trinajstić information content (AvgIpc) is 3.39. The number of nitrogen functional groups attached to an aromatic ring is 1. The van der Waals surface area contributed by atoms with Gasteiger partial charge >= 0.3 is 5.97 Å². The van der Waals surface area contributed by atoms with E-state index in [1.807, 2.05) is 18.2 Å². The zero-order valence-electron chi connectivity index (χ0n) is 16.7. The van der Waals surface area contributed by atoms with Crippen molar-refractivity contribution >= 4 is 11.7 Å². The maximum absolute atomic E-state index is 12.4. The van der Waals surface area contributed by atoms with Crippen LogP contribution < -0.4 is 10.5 Å². The molecular formula is C24H29NO4. The van der Waals surface area contributed by atoms with Gasteiger partial charge in [-0.2, -0.15) is 0 Å². The van der Waals surface area contributed by atoms with Crippen LogP contribution >= 0.6 is 0 Å². The van der Waals surface area contributed by atoms with Crippen LogP contribution in [-0.4, -0.2) is 24.3 Å². The molecule has 0 spiro atoms. The molecule has 2 unspecified atom stereocenters. The van der Waals surface area contributed by atoms with E-state index < -0.39 is 0 Å². The van der Waals surface area contributed by atoms with Gasteiger partial charge in [0.05, 0.1) is 18.3 Å². The topological polar surface area (TPSA) is 70.8 Å². The molecule has 4 rings (SSSR count). The molecule has 2 N–H and O–H groups in total. The number of benzene rings is 2. The fraction of sp³-hybridized carbons (Fsp3) is 0.458. The molecule has 5 heteroatoms. The van der Waals surface area contributed by atoms with E-state index >= 15 is 0 Å². The monoisotopic (exact) mass is 395 g/mol. The van der Waals surface area contributed by atoms with E-state index in [0.717, 1.165) is 50.5 Å². The Kier molecular flexibility index (Phi) is 6.35. The van der Waals surface area contributed by atoms with Crippen LogP contribution in [0.4, 0.5) is 5.69 Å². The average molecular weight is 395 g/mol. The van der Waals surface area contributed by atoms with Crippen molar-refractivity contribution in [1.82, 2.24) is 0 Å². The molecule has 0 aliphatic heterocycles. The summed E-state index contributed by atoms with van der Waals surface area (Å²) in [5, 5.41) is 0. The lowest BCUT2D eigenvalue weighted by Gasteiger charge is -2.22. The SMILES string of the molecule is Nc1cc(OC2CCCC2OCc2ccccc2)ccc1C(=O)OC1CCCC1. The van der Waals surface area contributed by atoms with E-state index in [1.54, 1.807) is 18.2 Å². The first kappa shape index (κ1) is 19.8. The van der Waals surface area contributed by atoms with Crippen molar-refractivity contribution in [3.63, 3.8) is 0 Å². The number of anilines is 1. The molecule has 0 aromatic heterocycles. The van der Waals surface area contributed by atoms with E-state index in [9.17, 15) is 4.79 Å². The molecule has 2 atom stereocenters. The van der Waals surface area contributed by atoms with Gasteiger partial charge in [-0.1, -0.05) is 30.3 Å². The Labute approximate surface area is 172 Å². The smallest absolute Gasteiger partial charge is 0.340 e. The van der Waals surface area contributed by atoms with Gasteiger partial charge in [0.15, 0.2) is 0 Å². The number of hydrogen-bond acceptors (Lipinski definition) is 5. The van der Waals surface area contributed by atoms with E-state index in [1.165, 1.54) is 0 Å². The number of carbonyl (C=O) groups is 1. The third-order valence-corrected chi connectivity index (χ3v) is 5.81. The Morgan fingerprint density at radius 3 is 2.45 bits per heavy atom. The Morgan fingerprint density at radius 2 is 1.69 bits per heavy atom. The van der Waals surface area contributed by atoms with E-state index in [0.29, 0.717) is 23.6 Å². The zero-order chi connectivity index (χ0) is 20.1. The molecule has 0 saturated heterocycles. The van der Waals surface area contributed by atoms with Gasteiger partial charge in [-0.3, -0.25) is 0 Å². The minimum atomic E-state index is -0.342. The Bertz CT molecular complexity index is 817. The fourth-order valence-electron chi connectivity index (χ4n) is 4.19. The van der Waals surface area contributed by atoms with E-state index in [4.69, 9.17) is 19.9 Å². The van der Waals surface area contributed by atoms with Crippen molar-refractivity contribution in [3.8, 4) is 5.75 Å². The lowest BCUT2D eigenvalue weighted by molar-refractivity contribution is -0.0171. The molecule has 2 aromatic carbocycles. The standard InChI is InChI=1S/C24H29NO4/c25-21-15-19(13-14-20(21)24(26)29-18-9-4-5-10-18)28-23-12-6-11-22(23)27-16-17-7-2-1-3-8-17/h1-3,7-8,13-15,18,22-23H,4-6,9-12,16,25H2. The number of ether oxygens (including phenoxy) is 3. The van der Waals surface area contributed by atoms with Crippen molar-refractivity contribution < 1.29 is 19.0 Å². The van der Waals surface area contributed by atoms with Gasteiger partial charge in [-0.05, 0) is 62.6 Å². The number of hydrogen-bond donors (Lipinski definition) is 1. The molecule has 2 fully saturated rings. The first-order valence-electron chi connectivity index (χ1n) is 10.6. The second-order valence-corrected chi connectivity index (χ2v) is 7.98. The molecule has 29 heavy (non-hydrogen) atoms. The molecule has 154 valence electrons. The van der Waals surface area contributed by atoms with Crippen LogP contribution in [0.2, 0.25) is 0 Å². The number of rotatable bonds is 7. The number of nitrogens with two attached hydrogens (primary N) is 1. The third-order valence-electron chi connectivity index (χ3n) is 5.81. The molecule has 0 amide bonds. The predicted octanol–water partition coefficient (Wildman–Crippen LogP) is 4.88. The molecule has 2 aromatic rings. The molecule has 2 aliphatic rings. The summed E-state index contributed by atoms with van der Waals surface area (Å²) in [6.45, 7) is 0.583. The summed E-state index contributed by atoms with van der Waals surface area (Å²) < 4.78 is 17.8. The molecule has 0 radical (unpaired) electrons. The van der Waals surface area contributed by atoms with Gasteiger partial charge in [0.2, 0.25) is 0 Å². The summed E-state index contributed by atoms with van der Waals surface area (Å²) in [4.78, 5) is 12.4. The van der Waals surface area contributed by atoms with Crippen LogP contribution in [0.15, 0.2) is 48.5 Å². The summed E-state index contributed by atoms with van der Waals surface area (Å²) in [6, 6.07) is 15.4. The third kappa shape index (κ3) is 5.10. The first-order valence-corrected chi connectivity index (χ1v) is 10.6. The van der Waals surface area contributed by atoms with Crippen LogP contribution in [0.25, 0.3) is 0 Å². The van der Waals surface area contributed by atoms with Gasteiger partial charge in [-0.25, -0.2) is 4.79 Å². The highest BCUT2D eigenvalue weighted by atomic mass is 16.5. The molecule has 5 nitrogen and oxygen atoms in total. The van der Waals surface area contributed by atoms with Gasteiger partial charge in [-0.15, -0.1) is 0 Å². The summed E-state index contributed by atoms with van der Waals surface area (Å²) in [5.74, 6) is 0.325. The quantitative estimate of drug-likeness (QED) is 0.534. The highest BCUT2D eigenvalue weighted by Gasteiger charge is 2.30. The molecule has 0 heterocycles. The van der Waals surface area contributed by atoms with Crippen LogP contribution in [0.5, 0.6) is 5.75 Å². The Hall–Kier alpha value is -2.53. The maximum atomic E-state index is 12.4. The lowest BCUT2D eigenvalue weighted by Crippen LogP contribution is -2.28. The van der Waals surface area contributed by atoms with Crippen LogP contribution in [0.1, 0.15) is 60.9 Å². The summed E-state index contributed by atoms with van der Waals surface area (Å²) in [5.41, 5.74) is 8.09. The van der Waals surface area contributed by atoms with Crippen molar-refractivity contribution in [2.75, 3.05) is 5.73 Å². The van der Waals surface area contributed by atoms with Crippen molar-refractivity contribution in [3.05, 3.63) is 59.7 Å². The van der Waals surface area contributed by atoms with Gasteiger partial charge in [0.1, 0.15) is 18.0 Å². The van der Waals surface area contributed by atoms with Gasteiger partial charge < -0.3 is 19.9 Å². The molecule has 2 aliphatic carbocycles. The largest absolute Gasteiger partial charge is 0.488 e. The normalized spacial score (nSPS) is 21.9. The first-order chi connectivity index (χ1) is 14.2. The molecular weight excluding hydrogens is 366 g/mol. The molecule has 0 bridgehead atoms. The van der Waals surface area contributed by atoms with Crippen molar-refractivity contribution in [1.29, 1.82) is 0 Å². The maximum Gasteiger partial charge on any atom is 0.340 e. The van der Waals surface area contributed by atoms with Crippen molar-refractivity contribution in [2.45, 2.75) is 69.9 Å². The van der Waals surface area contributed by atoms with Gasteiger partial charge in [0.25, 0.3) is 0 Å². The Balaban J connectivity index is 1.34. The zero-order valence-corrected chi connectivity index (χ0v) is 16.7. The summed E-state index contributed by atoms with van der Waals surface area (Å²) in [7, 11) is 0. The highest BCUT2D eigenvalue weighted by Crippen LogP contribution is 2.30. The Morgan fingerprint density at radius 1 is 0.931 bits per heavy atom. The van der Waals surface area contributed by atoms with Crippen LogP contribution in [0, 0.1) is 0 Å². The summed E-state index contributed by atoms with van der Waals surface area (Å²) >= 11 is 0. The minimum Gasteiger partial charge on any atom is -0.488 e. The second kappa shape index (κ2) is 9.31. The number of esters is 1. The van der Waals surface area contributed by atoms with Gasteiger partial charge in [0, 0.05) is 11.8 Å². The fourth-order valence-corrected chi connectivity index (χ4v) is 4.19. The molecule has 2 saturated carbocycles. The summed E-state index contributed by atoms with van der Waals surface area (Å²) in [6.07, 6.45) is 7.22. The second-order valence-electron chi connectivity index (χ2n) is 7.98. The van der Waals surface area contributed by atoms with E-state index in [2.05, 4.69) is 12.1 Å². The van der Waals surface area contributed by atoms with Crippen molar-refractivity contribution in [2.24, 2.45) is 0 Å². The van der Waals surface area contributed by atoms with Crippen LogP contribution in [-0.2, 0) is 16.1 Å². The predicted molar refractivity (Wildman–Crippen MR) is 112 cm³/mol. The highest BCUT2D eigenvalue weighted by molar-refractivity contribution is 5.95. The van der Waals surface area contributed by atoms with E-state index in [-0.39, 0.29) is 24.3 Å². The number of carbonyl (C=O) groups excluding carboxylic acids is 1.